The number of hydrogen-bond acceptors (Lipinski definition) is 8. The molecule has 2 aliphatic heterocycles. The van der Waals surface area contributed by atoms with Gasteiger partial charge in [0.1, 0.15) is 0 Å². The molecule has 6 N–H and O–H groups in total. The fourth-order valence-corrected chi connectivity index (χ4v) is 5.82. The molecule has 0 bridgehead atoms. The van der Waals surface area contributed by atoms with Gasteiger partial charge in [0.25, 0.3) is 0 Å². The Morgan fingerprint density at radius 3 is 2.22 bits per heavy atom. The molecule has 0 spiro atoms. The predicted molar refractivity (Wildman–Crippen MR) is 173 cm³/mol. The van der Waals surface area contributed by atoms with Crippen LogP contribution in [0.5, 0.6) is 0 Å². The summed E-state index contributed by atoms with van der Waals surface area (Å²) < 4.78 is 12.8. The van der Waals surface area contributed by atoms with Crippen LogP contribution in [0.1, 0.15) is 74.0 Å². The van der Waals surface area contributed by atoms with Gasteiger partial charge in [0, 0.05) is 50.1 Å². The molecule has 2 saturated heterocycles. The fraction of sp³-hybridized carbons (Fsp3) is 0.429. The predicted octanol–water partition coefficient (Wildman–Crippen LogP) is 4.90. The highest BCUT2D eigenvalue weighted by Crippen LogP contribution is 2.38. The van der Waals surface area contributed by atoms with E-state index in [1.807, 2.05) is 60.7 Å². The van der Waals surface area contributed by atoms with E-state index in [-0.39, 0.29) is 36.7 Å². The topological polar surface area (TPSA) is 146 Å². The van der Waals surface area contributed by atoms with Crippen LogP contribution in [0.2, 0.25) is 0 Å². The molecule has 0 aromatic heterocycles. The summed E-state index contributed by atoms with van der Waals surface area (Å²) >= 11 is 0. The molecule has 10 nitrogen and oxygen atoms in total. The van der Waals surface area contributed by atoms with Gasteiger partial charge in [0.2, 0.25) is 11.8 Å². The Labute approximate surface area is 264 Å². The van der Waals surface area contributed by atoms with E-state index >= 15 is 0 Å². The number of anilines is 3. The summed E-state index contributed by atoms with van der Waals surface area (Å²) in [6, 6.07) is 22.5. The lowest BCUT2D eigenvalue weighted by Crippen LogP contribution is -2.38. The number of amides is 2. The number of unbranched alkanes of at least 4 members (excludes halogenated alkanes) is 2. The highest BCUT2D eigenvalue weighted by atomic mass is 16.7. The molecule has 2 fully saturated rings. The summed E-state index contributed by atoms with van der Waals surface area (Å²) in [7, 11) is 0. The molecule has 2 heterocycles. The molecule has 3 aromatic carbocycles. The van der Waals surface area contributed by atoms with Gasteiger partial charge in [-0.25, -0.2) is 0 Å². The van der Waals surface area contributed by atoms with Gasteiger partial charge >= 0.3 is 0 Å². The zero-order chi connectivity index (χ0) is 31.6. The molecule has 10 heteroatoms. The second-order valence-electron chi connectivity index (χ2n) is 11.9. The zero-order valence-corrected chi connectivity index (χ0v) is 25.6. The average molecular weight is 617 g/mol. The van der Waals surface area contributed by atoms with Crippen molar-refractivity contribution in [2.24, 2.45) is 0 Å². The normalized spacial score (nSPS) is 21.8. The number of likely N-dealkylation sites (tertiary alicyclic amines) is 1. The smallest absolute Gasteiger partial charge is 0.224 e. The Hall–Kier alpha value is -3.80. The van der Waals surface area contributed by atoms with Crippen molar-refractivity contribution in [1.29, 1.82) is 0 Å². The van der Waals surface area contributed by atoms with Gasteiger partial charge < -0.3 is 36.1 Å². The number of aliphatic hydroxyl groups excluding tert-OH is 2. The summed E-state index contributed by atoms with van der Waals surface area (Å²) in [5, 5.41) is 25.2. The fourth-order valence-electron chi connectivity index (χ4n) is 5.82. The summed E-state index contributed by atoms with van der Waals surface area (Å²) in [6.45, 7) is 2.19. The van der Waals surface area contributed by atoms with Crippen LogP contribution in [0.3, 0.4) is 0 Å². The number of β-amino-alcohol motifs (C(OH)–C–C–N with tert-alkyl or cyclic N) is 1. The molecule has 4 atom stereocenters. The molecule has 3 aromatic rings. The van der Waals surface area contributed by atoms with E-state index in [1.165, 1.54) is 0 Å². The largest absolute Gasteiger partial charge is 0.397 e. The van der Waals surface area contributed by atoms with Crippen LogP contribution < -0.4 is 16.4 Å². The minimum absolute atomic E-state index is 0.00941. The Morgan fingerprint density at radius 1 is 0.867 bits per heavy atom. The molecule has 45 heavy (non-hydrogen) atoms. The van der Waals surface area contributed by atoms with Gasteiger partial charge in [-0.1, -0.05) is 55.0 Å². The number of benzene rings is 3. The molecule has 0 aliphatic carbocycles. The first-order chi connectivity index (χ1) is 21.9. The van der Waals surface area contributed by atoms with E-state index < -0.39 is 6.29 Å². The molecular formula is C35H44N4O6. The number of ether oxygens (including phenoxy) is 2. The van der Waals surface area contributed by atoms with Crippen LogP contribution >= 0.6 is 0 Å². The second-order valence-corrected chi connectivity index (χ2v) is 11.9. The van der Waals surface area contributed by atoms with E-state index in [9.17, 15) is 19.8 Å². The quantitative estimate of drug-likeness (QED) is 0.135. The molecule has 2 amide bonds. The molecule has 0 radical (unpaired) electrons. The molecule has 0 unspecified atom stereocenters. The first kappa shape index (κ1) is 32.6. The highest BCUT2D eigenvalue weighted by Gasteiger charge is 2.34. The average Bonchev–Trinajstić information content (AvgIpc) is 3.46. The van der Waals surface area contributed by atoms with Gasteiger partial charge in [-0.05, 0) is 54.7 Å². The lowest BCUT2D eigenvalue weighted by Gasteiger charge is -2.37. The number of para-hydroxylation sites is 2. The lowest BCUT2D eigenvalue weighted by atomic mass is 9.99. The molecule has 2 aliphatic rings. The number of nitrogens with one attached hydrogen (secondary N) is 2. The third-order valence-electron chi connectivity index (χ3n) is 8.33. The first-order valence-corrected chi connectivity index (χ1v) is 15.8. The molecule has 5 rings (SSSR count). The SMILES string of the molecule is Nc1ccccc1NC(=O)CCCCCC(=O)Nc1ccc([C@H]2O[C@@H](CN3CC[C@H](O)C3)C[C@@H](c3ccc(CO)cc3)O2)cc1. The van der Waals surface area contributed by atoms with Crippen LogP contribution in [0.4, 0.5) is 17.1 Å². The monoisotopic (exact) mass is 616 g/mol. The second kappa shape index (κ2) is 16.0. The standard InChI is InChI=1S/C35H44N4O6/c36-30-6-4-5-7-31(30)38-34(43)9-3-1-2-8-33(42)37-27-16-14-26(15-17-27)35-44-29(22-39-19-18-28(41)21-39)20-32(45-35)25-12-10-24(23-40)11-13-25/h4-7,10-17,28-29,32,35,40-41H,1-3,8-9,18-23,36H2,(H,37,42)(H,38,43)/t28-,29+,32-,35-/m0/s1. The molecule has 240 valence electrons. The van der Waals surface area contributed by atoms with Crippen molar-refractivity contribution in [3.05, 3.63) is 89.5 Å². The lowest BCUT2D eigenvalue weighted by molar-refractivity contribution is -0.252. The number of hydrogen-bond donors (Lipinski definition) is 5. The minimum Gasteiger partial charge on any atom is -0.397 e. The van der Waals surface area contributed by atoms with E-state index in [2.05, 4.69) is 15.5 Å². The number of carbonyl (C=O) groups excluding carboxylic acids is 2. The summed E-state index contributed by atoms with van der Waals surface area (Å²) in [5.74, 6) is -0.163. The third-order valence-corrected chi connectivity index (χ3v) is 8.33. The van der Waals surface area contributed by atoms with Crippen molar-refractivity contribution in [2.45, 2.75) is 76.2 Å². The molecule has 0 saturated carbocycles. The van der Waals surface area contributed by atoms with Gasteiger partial charge in [0.05, 0.1) is 36.3 Å². The van der Waals surface area contributed by atoms with E-state index in [1.54, 1.807) is 12.1 Å². The highest BCUT2D eigenvalue weighted by molar-refractivity contribution is 5.93. The number of aliphatic hydroxyl groups is 2. The number of carbonyl (C=O) groups is 2. The third kappa shape index (κ3) is 9.59. The van der Waals surface area contributed by atoms with Crippen LogP contribution in [0, 0.1) is 0 Å². The van der Waals surface area contributed by atoms with Gasteiger partial charge in [-0.3, -0.25) is 14.5 Å². The zero-order valence-electron chi connectivity index (χ0n) is 25.6. The van der Waals surface area contributed by atoms with E-state index in [0.29, 0.717) is 62.3 Å². The van der Waals surface area contributed by atoms with Gasteiger partial charge in [-0.2, -0.15) is 0 Å². The van der Waals surface area contributed by atoms with Crippen molar-refractivity contribution < 1.29 is 29.3 Å². The van der Waals surface area contributed by atoms with Crippen LogP contribution in [0.25, 0.3) is 0 Å². The Balaban J connectivity index is 1.10. The first-order valence-electron chi connectivity index (χ1n) is 15.8. The van der Waals surface area contributed by atoms with E-state index in [0.717, 1.165) is 36.1 Å². The number of rotatable bonds is 13. The Kier molecular flexibility index (Phi) is 11.6. The van der Waals surface area contributed by atoms with Gasteiger partial charge in [0.15, 0.2) is 6.29 Å². The molecular weight excluding hydrogens is 572 g/mol. The summed E-state index contributed by atoms with van der Waals surface area (Å²) in [6.07, 6.45) is 3.19. The summed E-state index contributed by atoms with van der Waals surface area (Å²) in [4.78, 5) is 27.0. The van der Waals surface area contributed by atoms with Crippen LogP contribution in [-0.4, -0.2) is 58.8 Å². The maximum absolute atomic E-state index is 12.6. The number of nitrogen functional groups attached to an aromatic ring is 1. The minimum atomic E-state index is -0.584. The van der Waals surface area contributed by atoms with Gasteiger partial charge in [-0.15, -0.1) is 0 Å². The van der Waals surface area contributed by atoms with Crippen molar-refractivity contribution in [3.8, 4) is 0 Å². The van der Waals surface area contributed by atoms with Crippen molar-refractivity contribution in [2.75, 3.05) is 36.0 Å². The maximum atomic E-state index is 12.6. The van der Waals surface area contributed by atoms with Crippen LogP contribution in [-0.2, 0) is 25.7 Å². The Bertz CT molecular complexity index is 1400. The number of nitrogens with zero attached hydrogens (tertiary/aromatic N) is 1. The van der Waals surface area contributed by atoms with Crippen LogP contribution in [0.15, 0.2) is 72.8 Å². The summed E-state index contributed by atoms with van der Waals surface area (Å²) in [5.41, 5.74) is 10.4. The van der Waals surface area contributed by atoms with Crippen molar-refractivity contribution in [3.63, 3.8) is 0 Å². The number of nitrogens with two attached hydrogens (primary N) is 1. The van der Waals surface area contributed by atoms with E-state index in [4.69, 9.17) is 15.2 Å². The maximum Gasteiger partial charge on any atom is 0.224 e. The Morgan fingerprint density at radius 2 is 1.56 bits per heavy atom. The van der Waals surface area contributed by atoms with Crippen molar-refractivity contribution in [1.82, 2.24) is 4.90 Å². The van der Waals surface area contributed by atoms with Crippen molar-refractivity contribution >= 4 is 28.9 Å².